The summed E-state index contributed by atoms with van der Waals surface area (Å²) < 4.78 is 11.3. The van der Waals surface area contributed by atoms with Crippen molar-refractivity contribution >= 4 is 22.0 Å². The van der Waals surface area contributed by atoms with Crippen LogP contribution in [0, 0.1) is 0 Å². The van der Waals surface area contributed by atoms with Crippen molar-refractivity contribution in [3.05, 3.63) is 12.5 Å². The average molecular weight is 540 g/mol. The van der Waals surface area contributed by atoms with Crippen molar-refractivity contribution < 1.29 is 4.74 Å². The minimum absolute atomic E-state index is 0.363. The van der Waals surface area contributed by atoms with Crippen molar-refractivity contribution in [2.45, 2.75) is 131 Å². The third kappa shape index (κ3) is 9.98. The summed E-state index contributed by atoms with van der Waals surface area (Å²) in [5.41, 5.74) is 0.726. The summed E-state index contributed by atoms with van der Waals surface area (Å²) in [6.07, 6.45) is 15.6. The summed E-state index contributed by atoms with van der Waals surface area (Å²) in [5.74, 6) is 0.865. The Balaban J connectivity index is 0.000000399. The fraction of sp³-hybridized carbons (Fsp3) is 0.846. The molecule has 1 saturated heterocycles. The number of rotatable bonds is 11. The van der Waals surface area contributed by atoms with Crippen molar-refractivity contribution in [1.82, 2.24) is 15.3 Å². The molecule has 1 aliphatic rings. The zero-order chi connectivity index (χ0) is 23.4. The number of piperidine rings is 1. The van der Waals surface area contributed by atoms with E-state index in [1.807, 2.05) is 0 Å². The van der Waals surface area contributed by atoms with Crippen molar-refractivity contribution in [2.24, 2.45) is 0 Å². The second-order valence-corrected chi connectivity index (χ2v) is 23.9. The van der Waals surface area contributed by atoms with Gasteiger partial charge in [0.1, 0.15) is 0 Å². The molecule has 0 unspecified atom stereocenters. The van der Waals surface area contributed by atoms with Gasteiger partial charge in [0.15, 0.2) is 0 Å². The number of nitrogens with zero attached hydrogens (tertiary/aromatic N) is 2. The van der Waals surface area contributed by atoms with Crippen LogP contribution in [0.25, 0.3) is 0 Å². The summed E-state index contributed by atoms with van der Waals surface area (Å²) >= 11 is -2.44. The molecular formula is C26H51N3OSn. The Labute approximate surface area is 197 Å². The number of aromatic nitrogens is 2. The van der Waals surface area contributed by atoms with Gasteiger partial charge in [0.05, 0.1) is 0 Å². The monoisotopic (exact) mass is 541 g/mol. The van der Waals surface area contributed by atoms with E-state index in [9.17, 15) is 0 Å². The predicted octanol–water partition coefficient (Wildman–Crippen LogP) is 6.86. The van der Waals surface area contributed by atoms with Gasteiger partial charge in [-0.1, -0.05) is 0 Å². The van der Waals surface area contributed by atoms with Gasteiger partial charge in [-0.15, -0.1) is 0 Å². The van der Waals surface area contributed by atoms with Crippen LogP contribution < -0.4 is 13.6 Å². The Hall–Kier alpha value is -0.361. The fourth-order valence-electron chi connectivity index (χ4n) is 5.18. The first kappa shape index (κ1) is 28.7. The summed E-state index contributed by atoms with van der Waals surface area (Å²) in [5, 5.41) is 3.63. The Morgan fingerprint density at radius 1 is 0.903 bits per heavy atom. The molecule has 5 heteroatoms. The van der Waals surface area contributed by atoms with Crippen LogP contribution in [0.5, 0.6) is 5.88 Å². The van der Waals surface area contributed by atoms with E-state index in [1.165, 1.54) is 74.7 Å². The topological polar surface area (TPSA) is 47.0 Å². The van der Waals surface area contributed by atoms with Crippen LogP contribution in [-0.4, -0.2) is 46.5 Å². The molecule has 1 N–H and O–H groups in total. The molecule has 0 aromatic carbocycles. The van der Waals surface area contributed by atoms with Gasteiger partial charge in [0, 0.05) is 11.1 Å². The molecule has 1 aromatic rings. The van der Waals surface area contributed by atoms with Crippen LogP contribution in [-0.2, 0) is 0 Å². The van der Waals surface area contributed by atoms with Gasteiger partial charge in [-0.3, -0.25) is 0 Å². The van der Waals surface area contributed by atoms with E-state index in [4.69, 9.17) is 4.74 Å². The van der Waals surface area contributed by atoms with Gasteiger partial charge in [-0.25, -0.2) is 0 Å². The third-order valence-electron chi connectivity index (χ3n) is 6.75. The first-order valence-corrected chi connectivity index (χ1v) is 20.3. The van der Waals surface area contributed by atoms with Crippen LogP contribution in [0.15, 0.2) is 12.5 Å². The van der Waals surface area contributed by atoms with E-state index < -0.39 is 18.4 Å². The Bertz CT molecular complexity index is 583. The van der Waals surface area contributed by atoms with Gasteiger partial charge >= 0.3 is 135 Å². The number of nitrogens with one attached hydrogen (secondary N) is 1. The van der Waals surface area contributed by atoms with Gasteiger partial charge in [0.2, 0.25) is 0 Å². The molecule has 4 nitrogen and oxygen atoms in total. The van der Waals surface area contributed by atoms with Crippen LogP contribution in [0.1, 0.15) is 106 Å². The molecule has 0 radical (unpaired) electrons. The summed E-state index contributed by atoms with van der Waals surface area (Å²) in [4.78, 5) is 8.75. The van der Waals surface area contributed by atoms with Crippen molar-refractivity contribution in [3.63, 3.8) is 0 Å². The quantitative estimate of drug-likeness (QED) is 0.312. The molecule has 0 aliphatic carbocycles. The Morgan fingerprint density at radius 2 is 1.39 bits per heavy atom. The SMILES string of the molecule is CC1(C)CCCC(C)(C)N1.CCC[CH2][Sn]([CH2]CCC)([CH2]CCC)[c]1cncnc1OC. The minimum atomic E-state index is -2.44. The first-order valence-electron chi connectivity index (χ1n) is 12.8. The molecule has 0 bridgehead atoms. The third-order valence-corrected chi connectivity index (χ3v) is 22.2. The zero-order valence-corrected chi connectivity index (χ0v) is 24.8. The van der Waals surface area contributed by atoms with Crippen molar-refractivity contribution in [2.75, 3.05) is 7.11 Å². The molecule has 1 fully saturated rings. The number of methoxy groups -OCH3 is 1. The van der Waals surface area contributed by atoms with E-state index in [1.54, 1.807) is 13.4 Å². The van der Waals surface area contributed by atoms with E-state index in [2.05, 4.69) is 69.9 Å². The fourth-order valence-corrected chi connectivity index (χ4v) is 21.2. The molecule has 180 valence electrons. The molecule has 0 amide bonds. The van der Waals surface area contributed by atoms with Gasteiger partial charge < -0.3 is 5.32 Å². The van der Waals surface area contributed by atoms with E-state index in [0.29, 0.717) is 11.1 Å². The Kier molecular flexibility index (Phi) is 13.0. The number of hydrogen-bond acceptors (Lipinski definition) is 4. The zero-order valence-electron chi connectivity index (χ0n) is 21.9. The van der Waals surface area contributed by atoms with Crippen LogP contribution >= 0.6 is 0 Å². The van der Waals surface area contributed by atoms with Crippen LogP contribution in [0.3, 0.4) is 0 Å². The molecular weight excluding hydrogens is 489 g/mol. The number of ether oxygens (including phenoxy) is 1. The van der Waals surface area contributed by atoms with Crippen LogP contribution in [0.4, 0.5) is 0 Å². The number of unbranched alkanes of at least 4 members (excludes halogenated alkanes) is 3. The van der Waals surface area contributed by atoms with Crippen LogP contribution in [0.2, 0.25) is 13.3 Å². The summed E-state index contributed by atoms with van der Waals surface area (Å²) in [6.45, 7) is 16.0. The first-order chi connectivity index (χ1) is 14.7. The standard InChI is InChI=1S/C9H19N.C5H5N2O.3C4H9.Sn/c1-8(2)6-5-7-9(3,4)10-8;1-8-5-2-3-6-4-7-5;3*1-3-4-2;/h10H,5-7H2,1-4H3;3-4H,1H3;3*1,3-4H2,2H3;. The van der Waals surface area contributed by atoms with E-state index in [0.717, 1.165) is 5.88 Å². The molecule has 1 aromatic heterocycles. The molecule has 2 heterocycles. The number of hydrogen-bond donors (Lipinski definition) is 1. The molecule has 2 rings (SSSR count). The molecule has 31 heavy (non-hydrogen) atoms. The summed E-state index contributed by atoms with van der Waals surface area (Å²) in [7, 11) is 1.75. The predicted molar refractivity (Wildman–Crippen MR) is 138 cm³/mol. The molecule has 1 aliphatic heterocycles. The second-order valence-electron chi connectivity index (χ2n) is 10.8. The van der Waals surface area contributed by atoms with E-state index >= 15 is 0 Å². The molecule has 0 saturated carbocycles. The average Bonchev–Trinajstić information content (AvgIpc) is 2.72. The maximum atomic E-state index is 5.59. The Morgan fingerprint density at radius 3 is 1.74 bits per heavy atom. The van der Waals surface area contributed by atoms with Gasteiger partial charge in [-0.2, -0.15) is 0 Å². The molecule has 0 spiro atoms. The summed E-state index contributed by atoms with van der Waals surface area (Å²) in [6, 6.07) is 0. The second kappa shape index (κ2) is 14.0. The van der Waals surface area contributed by atoms with Crippen molar-refractivity contribution in [3.8, 4) is 5.88 Å². The van der Waals surface area contributed by atoms with Gasteiger partial charge in [0.25, 0.3) is 0 Å². The normalized spacial score (nSPS) is 17.5. The van der Waals surface area contributed by atoms with Gasteiger partial charge in [-0.05, 0) is 47.0 Å². The molecule has 0 atom stereocenters. The van der Waals surface area contributed by atoms with Crippen molar-refractivity contribution in [1.29, 1.82) is 0 Å². The maximum absolute atomic E-state index is 5.59. The van der Waals surface area contributed by atoms with E-state index in [-0.39, 0.29) is 0 Å².